The van der Waals surface area contributed by atoms with Gasteiger partial charge in [-0.3, -0.25) is 19.8 Å². The predicted molar refractivity (Wildman–Crippen MR) is 80.7 cm³/mol. The largest absolute Gasteiger partial charge is 0.336 e. The fourth-order valence-electron chi connectivity index (χ4n) is 2.45. The van der Waals surface area contributed by atoms with Crippen LogP contribution < -0.4 is 0 Å². The van der Waals surface area contributed by atoms with Crippen LogP contribution in [0.5, 0.6) is 0 Å². The van der Waals surface area contributed by atoms with Crippen LogP contribution in [0.25, 0.3) is 0 Å². The summed E-state index contributed by atoms with van der Waals surface area (Å²) in [5, 5.41) is 11.4. The van der Waals surface area contributed by atoms with Crippen LogP contribution in [0, 0.1) is 10.1 Å². The first kappa shape index (κ1) is 15.7. The molecule has 1 aromatic rings. The zero-order chi connectivity index (χ0) is 15.6. The van der Waals surface area contributed by atoms with Crippen molar-refractivity contribution in [3.8, 4) is 0 Å². The number of benzene rings is 1. The van der Waals surface area contributed by atoms with E-state index in [1.807, 2.05) is 0 Å². The maximum absolute atomic E-state index is 12.5. The number of piperazine rings is 1. The third kappa shape index (κ3) is 3.51. The molecule has 0 spiro atoms. The molecule has 0 bridgehead atoms. The van der Waals surface area contributed by atoms with Crippen LogP contribution in [0.4, 0.5) is 5.69 Å². The van der Waals surface area contributed by atoms with Gasteiger partial charge in [-0.15, -0.1) is 0 Å². The lowest BCUT2D eigenvalue weighted by molar-refractivity contribution is -0.385. The van der Waals surface area contributed by atoms with Crippen LogP contribution in [0.15, 0.2) is 18.2 Å². The highest BCUT2D eigenvalue weighted by molar-refractivity contribution is 6.31. The monoisotopic (exact) mass is 311 g/mol. The second-order valence-electron chi connectivity index (χ2n) is 5.34. The first-order valence-corrected chi connectivity index (χ1v) is 7.25. The molecule has 0 N–H and O–H groups in total. The zero-order valence-electron chi connectivity index (χ0n) is 12.1. The number of hydrogen-bond donors (Lipinski definition) is 0. The van der Waals surface area contributed by atoms with Gasteiger partial charge in [0.25, 0.3) is 11.6 Å². The highest BCUT2D eigenvalue weighted by Gasteiger charge is 2.28. The van der Waals surface area contributed by atoms with Gasteiger partial charge in [0.2, 0.25) is 0 Å². The lowest BCUT2D eigenvalue weighted by atomic mass is 10.1. The molecule has 1 heterocycles. The van der Waals surface area contributed by atoms with Gasteiger partial charge in [-0.25, -0.2) is 0 Å². The lowest BCUT2D eigenvalue weighted by Crippen LogP contribution is -2.50. The molecule has 1 amide bonds. The van der Waals surface area contributed by atoms with Crippen LogP contribution in [-0.4, -0.2) is 52.9 Å². The summed E-state index contributed by atoms with van der Waals surface area (Å²) in [6.07, 6.45) is 0. The molecule has 1 aromatic carbocycles. The Morgan fingerprint density at radius 1 is 1.29 bits per heavy atom. The van der Waals surface area contributed by atoms with Gasteiger partial charge in [-0.2, -0.15) is 0 Å². The highest BCUT2D eigenvalue weighted by atomic mass is 35.5. The fourth-order valence-corrected chi connectivity index (χ4v) is 2.62. The molecule has 1 aliphatic rings. The Kier molecular flexibility index (Phi) is 4.80. The quantitative estimate of drug-likeness (QED) is 0.635. The standard InChI is InChI=1S/C14H18ClN3O3/c1-10(2)16-5-7-17(8-6-16)14(19)12-9-11(15)3-4-13(12)18(20)21/h3-4,9-10H,5-8H2,1-2H3. The average Bonchev–Trinajstić information content (AvgIpc) is 2.46. The topological polar surface area (TPSA) is 66.7 Å². The van der Waals surface area contributed by atoms with E-state index in [1.54, 1.807) is 4.90 Å². The Morgan fingerprint density at radius 3 is 2.43 bits per heavy atom. The van der Waals surface area contributed by atoms with Crippen LogP contribution >= 0.6 is 11.6 Å². The van der Waals surface area contributed by atoms with Gasteiger partial charge >= 0.3 is 0 Å². The second kappa shape index (κ2) is 6.41. The van der Waals surface area contributed by atoms with Gasteiger partial charge in [0, 0.05) is 43.3 Å². The van der Waals surface area contributed by atoms with Gasteiger partial charge in [0.05, 0.1) is 4.92 Å². The van der Waals surface area contributed by atoms with Crippen molar-refractivity contribution in [1.82, 2.24) is 9.80 Å². The van der Waals surface area contributed by atoms with Crippen molar-refractivity contribution >= 4 is 23.2 Å². The summed E-state index contributed by atoms with van der Waals surface area (Å²) in [5.74, 6) is -0.326. The Bertz CT molecular complexity index is 554. The summed E-state index contributed by atoms with van der Waals surface area (Å²) in [7, 11) is 0. The third-order valence-electron chi connectivity index (χ3n) is 3.72. The summed E-state index contributed by atoms with van der Waals surface area (Å²) < 4.78 is 0. The predicted octanol–water partition coefficient (Wildman–Crippen LogP) is 2.41. The normalized spacial score (nSPS) is 16.3. The van der Waals surface area contributed by atoms with E-state index in [2.05, 4.69) is 18.7 Å². The molecule has 1 aliphatic heterocycles. The zero-order valence-corrected chi connectivity index (χ0v) is 12.8. The molecular formula is C14H18ClN3O3. The van der Waals surface area contributed by atoms with E-state index in [0.717, 1.165) is 13.1 Å². The van der Waals surface area contributed by atoms with E-state index < -0.39 is 4.92 Å². The molecule has 6 nitrogen and oxygen atoms in total. The van der Waals surface area contributed by atoms with E-state index in [-0.39, 0.29) is 17.2 Å². The van der Waals surface area contributed by atoms with Gasteiger partial charge in [0.15, 0.2) is 0 Å². The third-order valence-corrected chi connectivity index (χ3v) is 3.95. The first-order chi connectivity index (χ1) is 9.90. The molecule has 0 aliphatic carbocycles. The maximum Gasteiger partial charge on any atom is 0.282 e. The van der Waals surface area contributed by atoms with Crippen LogP contribution in [0.3, 0.4) is 0 Å². The van der Waals surface area contributed by atoms with Crippen molar-refractivity contribution in [2.45, 2.75) is 19.9 Å². The Hall–Kier alpha value is -1.66. The number of carbonyl (C=O) groups is 1. The summed E-state index contributed by atoms with van der Waals surface area (Å²) in [6, 6.07) is 4.51. The van der Waals surface area contributed by atoms with Gasteiger partial charge < -0.3 is 4.90 Å². The molecule has 7 heteroatoms. The first-order valence-electron chi connectivity index (χ1n) is 6.87. The van der Waals surface area contributed by atoms with E-state index in [4.69, 9.17) is 11.6 Å². The maximum atomic E-state index is 12.5. The molecule has 2 rings (SSSR count). The van der Waals surface area contributed by atoms with Crippen molar-refractivity contribution in [2.75, 3.05) is 26.2 Å². The lowest BCUT2D eigenvalue weighted by Gasteiger charge is -2.36. The molecular weight excluding hydrogens is 294 g/mol. The molecule has 0 radical (unpaired) electrons. The minimum Gasteiger partial charge on any atom is -0.336 e. The minimum absolute atomic E-state index is 0.0606. The van der Waals surface area contributed by atoms with Gasteiger partial charge in [0.1, 0.15) is 5.56 Å². The smallest absolute Gasteiger partial charge is 0.282 e. The number of nitro benzene ring substituents is 1. The minimum atomic E-state index is -0.548. The molecule has 1 fully saturated rings. The summed E-state index contributed by atoms with van der Waals surface area (Å²) >= 11 is 5.87. The van der Waals surface area contributed by atoms with Crippen molar-refractivity contribution in [3.63, 3.8) is 0 Å². The van der Waals surface area contributed by atoms with Crippen LogP contribution in [-0.2, 0) is 0 Å². The van der Waals surface area contributed by atoms with Crippen LogP contribution in [0.1, 0.15) is 24.2 Å². The van der Waals surface area contributed by atoms with Crippen molar-refractivity contribution in [1.29, 1.82) is 0 Å². The van der Waals surface area contributed by atoms with Crippen molar-refractivity contribution in [3.05, 3.63) is 38.9 Å². The van der Waals surface area contributed by atoms with Gasteiger partial charge in [-0.05, 0) is 26.0 Å². The number of hydrogen-bond acceptors (Lipinski definition) is 4. The van der Waals surface area contributed by atoms with E-state index >= 15 is 0 Å². The molecule has 114 valence electrons. The van der Waals surface area contributed by atoms with E-state index in [9.17, 15) is 14.9 Å². The number of nitrogens with zero attached hydrogens (tertiary/aromatic N) is 3. The van der Waals surface area contributed by atoms with E-state index in [0.29, 0.717) is 24.2 Å². The summed E-state index contributed by atoms with van der Waals surface area (Å²) in [6.45, 7) is 6.91. The molecule has 0 atom stereocenters. The number of rotatable bonds is 3. The Labute approximate surface area is 128 Å². The molecule has 0 unspecified atom stereocenters. The number of nitro groups is 1. The number of carbonyl (C=O) groups excluding carboxylic acids is 1. The van der Waals surface area contributed by atoms with Gasteiger partial charge in [-0.1, -0.05) is 11.6 Å². The van der Waals surface area contributed by atoms with E-state index in [1.165, 1.54) is 18.2 Å². The molecule has 0 saturated carbocycles. The van der Waals surface area contributed by atoms with Crippen LogP contribution in [0.2, 0.25) is 5.02 Å². The average molecular weight is 312 g/mol. The Balaban J connectivity index is 2.18. The Morgan fingerprint density at radius 2 is 1.90 bits per heavy atom. The second-order valence-corrected chi connectivity index (χ2v) is 5.78. The number of amides is 1. The molecule has 21 heavy (non-hydrogen) atoms. The molecule has 1 saturated heterocycles. The summed E-state index contributed by atoms with van der Waals surface area (Å²) in [4.78, 5) is 26.9. The van der Waals surface area contributed by atoms with Crippen molar-refractivity contribution in [2.24, 2.45) is 0 Å². The molecule has 0 aromatic heterocycles. The fraction of sp³-hybridized carbons (Fsp3) is 0.500. The highest BCUT2D eigenvalue weighted by Crippen LogP contribution is 2.24. The summed E-state index contributed by atoms with van der Waals surface area (Å²) in [5.41, 5.74) is -0.138. The number of halogens is 1. The SMILES string of the molecule is CC(C)N1CCN(C(=O)c2cc(Cl)ccc2[N+](=O)[O-])CC1. The van der Waals surface area contributed by atoms with Crippen molar-refractivity contribution < 1.29 is 9.72 Å².